The highest BCUT2D eigenvalue weighted by molar-refractivity contribution is 4.77. The molecule has 1 aromatic heterocycles. The number of rotatable bonds is 2. The van der Waals surface area contributed by atoms with E-state index in [1.807, 2.05) is 18.7 Å². The molecule has 0 aliphatic rings. The van der Waals surface area contributed by atoms with Crippen molar-refractivity contribution in [1.29, 1.82) is 0 Å². The predicted octanol–water partition coefficient (Wildman–Crippen LogP) is 1.85. The smallest absolute Gasteiger partial charge is 0.0948 e. The third-order valence-corrected chi connectivity index (χ3v) is 1.62. The number of nitrogens with zero attached hydrogens (tertiary/aromatic N) is 2. The summed E-state index contributed by atoms with van der Waals surface area (Å²) in [6.07, 6.45) is 6.82. The Hall–Kier alpha value is -0.790. The van der Waals surface area contributed by atoms with Crippen molar-refractivity contribution in [1.82, 2.24) is 9.55 Å². The van der Waals surface area contributed by atoms with E-state index in [4.69, 9.17) is 0 Å². The molecule has 9 heavy (non-hydrogen) atoms. The van der Waals surface area contributed by atoms with Crippen LogP contribution in [0.25, 0.3) is 0 Å². The van der Waals surface area contributed by atoms with Crippen molar-refractivity contribution < 1.29 is 0 Å². The van der Waals surface area contributed by atoms with E-state index in [0.29, 0.717) is 6.04 Å². The van der Waals surface area contributed by atoms with Crippen molar-refractivity contribution >= 4 is 0 Å². The number of hydrogen-bond donors (Lipinski definition) is 0. The first-order chi connectivity index (χ1) is 4.34. The summed E-state index contributed by atoms with van der Waals surface area (Å²) in [5.74, 6) is 0. The zero-order valence-corrected chi connectivity index (χ0v) is 5.91. The van der Waals surface area contributed by atoms with Gasteiger partial charge in [-0.25, -0.2) is 4.98 Å². The monoisotopic (exact) mass is 124 g/mol. The van der Waals surface area contributed by atoms with Crippen LogP contribution in [0, 0.1) is 0 Å². The van der Waals surface area contributed by atoms with E-state index < -0.39 is 0 Å². The van der Waals surface area contributed by atoms with Crippen molar-refractivity contribution in [3.05, 3.63) is 18.7 Å². The summed E-state index contributed by atoms with van der Waals surface area (Å²) >= 11 is 0. The molecule has 1 unspecified atom stereocenters. The predicted molar refractivity (Wildman–Crippen MR) is 37.2 cm³/mol. The van der Waals surface area contributed by atoms with Crippen molar-refractivity contribution in [2.24, 2.45) is 0 Å². The normalized spacial score (nSPS) is 13.6. The SMILES string of the molecule is CCC(C)n1ccnc1. The standard InChI is InChI=1S/C7H12N2/c1-3-7(2)9-5-4-8-6-9/h4-7H,3H2,1-2H3. The van der Waals surface area contributed by atoms with Gasteiger partial charge in [0.1, 0.15) is 0 Å². The van der Waals surface area contributed by atoms with Crippen LogP contribution in [0.5, 0.6) is 0 Å². The van der Waals surface area contributed by atoms with Crippen LogP contribution in [0.1, 0.15) is 26.3 Å². The van der Waals surface area contributed by atoms with Gasteiger partial charge in [-0.15, -0.1) is 0 Å². The van der Waals surface area contributed by atoms with Crippen LogP contribution in [0.4, 0.5) is 0 Å². The molecular formula is C7H12N2. The van der Waals surface area contributed by atoms with Crippen LogP contribution in [0.2, 0.25) is 0 Å². The maximum absolute atomic E-state index is 3.95. The van der Waals surface area contributed by atoms with E-state index in [0.717, 1.165) is 6.42 Å². The summed E-state index contributed by atoms with van der Waals surface area (Å²) in [6, 6.07) is 0.590. The Balaban J connectivity index is 2.65. The number of imidazole rings is 1. The third kappa shape index (κ3) is 1.31. The van der Waals surface area contributed by atoms with Gasteiger partial charge in [0.05, 0.1) is 6.33 Å². The van der Waals surface area contributed by atoms with E-state index in [1.54, 1.807) is 0 Å². The van der Waals surface area contributed by atoms with E-state index in [1.165, 1.54) is 0 Å². The van der Waals surface area contributed by atoms with Gasteiger partial charge in [-0.2, -0.15) is 0 Å². The molecule has 0 fully saturated rings. The summed E-state index contributed by atoms with van der Waals surface area (Å²) in [6.45, 7) is 4.35. The molecule has 1 aromatic rings. The average Bonchev–Trinajstić information content (AvgIpc) is 2.37. The largest absolute Gasteiger partial charge is 0.335 e. The lowest BCUT2D eigenvalue weighted by Crippen LogP contribution is -1.99. The maximum Gasteiger partial charge on any atom is 0.0948 e. The summed E-state index contributed by atoms with van der Waals surface area (Å²) in [5.41, 5.74) is 0. The molecule has 0 saturated carbocycles. The molecule has 1 atom stereocenters. The molecule has 2 nitrogen and oxygen atoms in total. The minimum absolute atomic E-state index is 0.590. The Bertz CT molecular complexity index is 155. The Morgan fingerprint density at radius 1 is 1.67 bits per heavy atom. The van der Waals surface area contributed by atoms with E-state index in [-0.39, 0.29) is 0 Å². The highest BCUT2D eigenvalue weighted by atomic mass is 15.0. The van der Waals surface area contributed by atoms with Gasteiger partial charge >= 0.3 is 0 Å². The van der Waals surface area contributed by atoms with Gasteiger partial charge in [-0.3, -0.25) is 0 Å². The van der Waals surface area contributed by atoms with Gasteiger partial charge in [0, 0.05) is 18.4 Å². The van der Waals surface area contributed by atoms with Gasteiger partial charge in [-0.05, 0) is 13.3 Å². The molecule has 0 aliphatic heterocycles. The summed E-state index contributed by atoms with van der Waals surface area (Å²) in [5, 5.41) is 0. The number of hydrogen-bond acceptors (Lipinski definition) is 1. The number of aromatic nitrogens is 2. The Morgan fingerprint density at radius 2 is 2.44 bits per heavy atom. The quantitative estimate of drug-likeness (QED) is 0.588. The zero-order valence-electron chi connectivity index (χ0n) is 5.91. The summed E-state index contributed by atoms with van der Waals surface area (Å²) in [4.78, 5) is 3.95. The molecule has 0 saturated heterocycles. The first-order valence-electron chi connectivity index (χ1n) is 3.32. The minimum Gasteiger partial charge on any atom is -0.335 e. The molecule has 0 bridgehead atoms. The second-order valence-electron chi connectivity index (χ2n) is 2.27. The average molecular weight is 124 g/mol. The molecule has 1 rings (SSSR count). The van der Waals surface area contributed by atoms with E-state index >= 15 is 0 Å². The lowest BCUT2D eigenvalue weighted by molar-refractivity contribution is 0.530. The summed E-state index contributed by atoms with van der Waals surface area (Å²) < 4.78 is 2.11. The van der Waals surface area contributed by atoms with Gasteiger partial charge in [0.15, 0.2) is 0 Å². The van der Waals surface area contributed by atoms with Gasteiger partial charge in [0.2, 0.25) is 0 Å². The summed E-state index contributed by atoms with van der Waals surface area (Å²) in [7, 11) is 0. The molecule has 0 aromatic carbocycles. The fourth-order valence-electron chi connectivity index (χ4n) is 0.741. The molecule has 0 amide bonds. The first kappa shape index (κ1) is 6.33. The lowest BCUT2D eigenvalue weighted by Gasteiger charge is -2.07. The van der Waals surface area contributed by atoms with Crippen molar-refractivity contribution in [3.63, 3.8) is 0 Å². The topological polar surface area (TPSA) is 17.8 Å². The van der Waals surface area contributed by atoms with Crippen LogP contribution in [0.3, 0.4) is 0 Å². The molecule has 2 heteroatoms. The van der Waals surface area contributed by atoms with E-state index in [9.17, 15) is 0 Å². The molecule has 0 aliphatic carbocycles. The second kappa shape index (κ2) is 2.67. The van der Waals surface area contributed by atoms with Crippen molar-refractivity contribution in [3.8, 4) is 0 Å². The maximum atomic E-state index is 3.95. The second-order valence-corrected chi connectivity index (χ2v) is 2.27. The lowest BCUT2D eigenvalue weighted by atomic mass is 10.3. The molecule has 1 heterocycles. The highest BCUT2D eigenvalue weighted by Gasteiger charge is 1.96. The van der Waals surface area contributed by atoms with Crippen molar-refractivity contribution in [2.75, 3.05) is 0 Å². The molecule has 0 spiro atoms. The fraction of sp³-hybridized carbons (Fsp3) is 0.571. The van der Waals surface area contributed by atoms with Gasteiger partial charge in [0.25, 0.3) is 0 Å². The highest BCUT2D eigenvalue weighted by Crippen LogP contribution is 2.06. The van der Waals surface area contributed by atoms with Crippen LogP contribution in [0.15, 0.2) is 18.7 Å². The fourth-order valence-corrected chi connectivity index (χ4v) is 0.741. The van der Waals surface area contributed by atoms with E-state index in [2.05, 4.69) is 23.4 Å². The first-order valence-corrected chi connectivity index (χ1v) is 3.32. The minimum atomic E-state index is 0.590. The van der Waals surface area contributed by atoms with Crippen LogP contribution in [-0.4, -0.2) is 9.55 Å². The van der Waals surface area contributed by atoms with Crippen LogP contribution in [-0.2, 0) is 0 Å². The van der Waals surface area contributed by atoms with Crippen LogP contribution < -0.4 is 0 Å². The Labute approximate surface area is 55.5 Å². The Kier molecular flexibility index (Phi) is 1.88. The Morgan fingerprint density at radius 3 is 2.89 bits per heavy atom. The molecule has 50 valence electrons. The van der Waals surface area contributed by atoms with Gasteiger partial charge in [-0.1, -0.05) is 6.92 Å². The van der Waals surface area contributed by atoms with Crippen LogP contribution >= 0.6 is 0 Å². The zero-order chi connectivity index (χ0) is 6.69. The molecular weight excluding hydrogens is 112 g/mol. The molecule has 0 radical (unpaired) electrons. The molecule has 0 N–H and O–H groups in total. The van der Waals surface area contributed by atoms with Gasteiger partial charge < -0.3 is 4.57 Å². The van der Waals surface area contributed by atoms with Crippen molar-refractivity contribution in [2.45, 2.75) is 26.3 Å². The third-order valence-electron chi connectivity index (χ3n) is 1.62.